The molecule has 0 radical (unpaired) electrons. The first-order chi connectivity index (χ1) is 21.1. The Labute approximate surface area is 265 Å². The second-order valence-electron chi connectivity index (χ2n) is 14.0. The van der Waals surface area contributed by atoms with Gasteiger partial charge < -0.3 is 24.1 Å². The van der Waals surface area contributed by atoms with Crippen LogP contribution in [0.3, 0.4) is 0 Å². The van der Waals surface area contributed by atoms with Gasteiger partial charge in [-0.15, -0.1) is 0 Å². The van der Waals surface area contributed by atoms with Crippen molar-refractivity contribution in [2.75, 3.05) is 6.61 Å². The number of alkyl halides is 1. The molecule has 0 aromatic rings. The number of carbonyl (C=O) groups is 3. The highest BCUT2D eigenvalue weighted by molar-refractivity contribution is 6.03. The van der Waals surface area contributed by atoms with Crippen LogP contribution in [-0.2, 0) is 33.3 Å². The largest absolute Gasteiger partial charge is 0.462 e. The minimum absolute atomic E-state index is 0.00818. The molecule has 0 aromatic heterocycles. The van der Waals surface area contributed by atoms with Crippen molar-refractivity contribution in [1.29, 1.82) is 0 Å². The fourth-order valence-corrected chi connectivity index (χ4v) is 7.47. The van der Waals surface area contributed by atoms with Gasteiger partial charge in [0, 0.05) is 24.7 Å². The van der Waals surface area contributed by atoms with Crippen LogP contribution in [0.25, 0.3) is 0 Å². The molecule has 0 amide bonds. The third kappa shape index (κ3) is 6.46. The lowest BCUT2D eigenvalue weighted by Crippen LogP contribution is -2.58. The van der Waals surface area contributed by atoms with Crippen molar-refractivity contribution in [3.8, 4) is 0 Å². The van der Waals surface area contributed by atoms with E-state index >= 15 is 4.39 Å². The Balaban J connectivity index is 1.55. The monoisotopic (exact) mass is 626 g/mol. The first kappa shape index (κ1) is 33.6. The SMILES string of the molecule is CC1=CC2C(=O)O[C@H]3CC(C/C=C(\C)C(F)[C@@H](C)/C=C/C=C4\CO[C@H](C1=O)[C@@]42O)O[C@@]1(CC(=O)[C@H](C)C(/C(C)=C/C(C)C)O1)C3. The number of Topliss-reactive ketones (excluding diaryl/α,β-unsaturated/α-hetero) is 2. The molecule has 246 valence electrons. The summed E-state index contributed by atoms with van der Waals surface area (Å²) in [5.74, 6) is -4.28. The summed E-state index contributed by atoms with van der Waals surface area (Å²) in [6.45, 7) is 12.9. The molecule has 9 heteroatoms. The molecule has 3 saturated heterocycles. The number of halogens is 1. The van der Waals surface area contributed by atoms with Gasteiger partial charge in [-0.1, -0.05) is 64.2 Å². The molecule has 2 bridgehead atoms. The second kappa shape index (κ2) is 12.8. The Hall–Kier alpha value is -2.72. The number of hydrogen-bond acceptors (Lipinski definition) is 8. The zero-order valence-electron chi connectivity index (χ0n) is 27.4. The van der Waals surface area contributed by atoms with E-state index in [1.54, 1.807) is 39.0 Å². The molecule has 10 atom stereocenters. The first-order valence-electron chi connectivity index (χ1n) is 16.2. The maximum atomic E-state index is 15.5. The molecule has 0 saturated carbocycles. The molecule has 5 aliphatic rings. The van der Waals surface area contributed by atoms with Gasteiger partial charge in [0.15, 0.2) is 17.7 Å². The number of allylic oxidation sites excluding steroid dienone is 5. The standard InChI is InChI=1S/C36H47FO8/c1-19(2)13-23(6)32-24(7)29(38)17-35(45-32)16-27-15-26(44-35)12-11-21(4)30(37)20(3)9-8-10-25-18-42-33-31(39)22(5)14-28(34(40)43-27)36(25,33)41/h8-11,13-14,19-20,24,26-28,30,32-33,41H,12,15-18H2,1-7H3/b9-8+,21-11+,23-13+,25-10+/t20-,24-,26?,27-,28?,30?,32?,33+,35-,36+/m0/s1. The van der Waals surface area contributed by atoms with Crippen LogP contribution in [0.1, 0.15) is 74.1 Å². The van der Waals surface area contributed by atoms with Crippen molar-refractivity contribution in [2.45, 2.75) is 116 Å². The fraction of sp³-hybridized carbons (Fsp3) is 0.639. The summed E-state index contributed by atoms with van der Waals surface area (Å²) in [5.41, 5.74) is 0.156. The van der Waals surface area contributed by atoms with Crippen molar-refractivity contribution in [3.05, 3.63) is 58.7 Å². The summed E-state index contributed by atoms with van der Waals surface area (Å²) in [4.78, 5) is 40.5. The predicted molar refractivity (Wildman–Crippen MR) is 166 cm³/mol. The van der Waals surface area contributed by atoms with Crippen LogP contribution < -0.4 is 0 Å². The lowest BCUT2D eigenvalue weighted by Gasteiger charge is -2.49. The molecule has 4 aliphatic heterocycles. The van der Waals surface area contributed by atoms with Gasteiger partial charge in [-0.2, -0.15) is 0 Å². The molecule has 0 aromatic carbocycles. The molecule has 4 heterocycles. The molecule has 8 nitrogen and oxygen atoms in total. The lowest BCUT2D eigenvalue weighted by molar-refractivity contribution is -0.319. The quantitative estimate of drug-likeness (QED) is 0.319. The molecule has 3 fully saturated rings. The molecular formula is C36H47FO8. The summed E-state index contributed by atoms with van der Waals surface area (Å²) < 4.78 is 40.6. The average molecular weight is 627 g/mol. The summed E-state index contributed by atoms with van der Waals surface area (Å²) in [7, 11) is 0. The Morgan fingerprint density at radius 3 is 2.58 bits per heavy atom. The second-order valence-corrected chi connectivity index (χ2v) is 14.0. The zero-order chi connectivity index (χ0) is 32.8. The van der Waals surface area contributed by atoms with Gasteiger partial charge >= 0.3 is 5.97 Å². The van der Waals surface area contributed by atoms with Crippen LogP contribution >= 0.6 is 0 Å². The maximum absolute atomic E-state index is 15.5. The lowest BCUT2D eigenvalue weighted by atomic mass is 9.71. The van der Waals surface area contributed by atoms with Gasteiger partial charge in [0.25, 0.3) is 0 Å². The van der Waals surface area contributed by atoms with Crippen molar-refractivity contribution < 1.29 is 42.8 Å². The van der Waals surface area contributed by atoms with E-state index in [4.69, 9.17) is 18.9 Å². The number of fused-ring (bicyclic) bond motifs is 2. The highest BCUT2D eigenvalue weighted by Crippen LogP contribution is 2.46. The third-order valence-electron chi connectivity index (χ3n) is 9.92. The van der Waals surface area contributed by atoms with Crippen molar-refractivity contribution >= 4 is 17.5 Å². The number of ketones is 2. The minimum atomic E-state index is -1.96. The van der Waals surface area contributed by atoms with Crippen molar-refractivity contribution in [1.82, 2.24) is 0 Å². The van der Waals surface area contributed by atoms with Crippen LogP contribution in [0.4, 0.5) is 4.39 Å². The molecule has 4 unspecified atom stereocenters. The van der Waals surface area contributed by atoms with Crippen LogP contribution in [0.15, 0.2) is 58.7 Å². The summed E-state index contributed by atoms with van der Waals surface area (Å²) in [6, 6.07) is 0. The molecule has 1 spiro atoms. The Kier molecular flexibility index (Phi) is 9.58. The highest BCUT2D eigenvalue weighted by Gasteiger charge is 2.60. The Bertz CT molecular complexity index is 1370. The van der Waals surface area contributed by atoms with E-state index in [2.05, 4.69) is 19.9 Å². The van der Waals surface area contributed by atoms with E-state index in [0.717, 1.165) is 5.57 Å². The van der Waals surface area contributed by atoms with Gasteiger partial charge in [0.2, 0.25) is 0 Å². The van der Waals surface area contributed by atoms with Crippen molar-refractivity contribution in [3.63, 3.8) is 0 Å². The average Bonchev–Trinajstić information content (AvgIpc) is 3.31. The molecule has 1 aliphatic carbocycles. The molecular weight excluding hydrogens is 579 g/mol. The summed E-state index contributed by atoms with van der Waals surface area (Å²) in [6.07, 6.45) is 6.69. The number of aliphatic hydroxyl groups is 1. The highest BCUT2D eigenvalue weighted by atomic mass is 19.1. The molecule has 45 heavy (non-hydrogen) atoms. The van der Waals surface area contributed by atoms with E-state index in [1.807, 2.05) is 19.9 Å². The summed E-state index contributed by atoms with van der Waals surface area (Å²) >= 11 is 0. The summed E-state index contributed by atoms with van der Waals surface area (Å²) in [5, 5.41) is 12.0. The van der Waals surface area contributed by atoms with Gasteiger partial charge in [0.05, 0.1) is 25.2 Å². The topological polar surface area (TPSA) is 108 Å². The van der Waals surface area contributed by atoms with E-state index in [-0.39, 0.29) is 43.5 Å². The van der Waals surface area contributed by atoms with Crippen LogP contribution in [0.2, 0.25) is 0 Å². The number of hydrogen-bond donors (Lipinski definition) is 1. The Morgan fingerprint density at radius 2 is 1.87 bits per heavy atom. The zero-order valence-corrected chi connectivity index (χ0v) is 27.4. The van der Waals surface area contributed by atoms with Gasteiger partial charge in [0.1, 0.15) is 29.6 Å². The third-order valence-corrected chi connectivity index (χ3v) is 9.92. The number of ether oxygens (including phenoxy) is 4. The predicted octanol–water partition coefficient (Wildman–Crippen LogP) is 5.45. The van der Waals surface area contributed by atoms with E-state index in [9.17, 15) is 19.5 Å². The normalized spacial score (nSPS) is 44.4. The molecule has 5 rings (SSSR count). The first-order valence-corrected chi connectivity index (χ1v) is 16.2. The maximum Gasteiger partial charge on any atom is 0.316 e. The number of esters is 1. The smallest absolute Gasteiger partial charge is 0.316 e. The van der Waals surface area contributed by atoms with E-state index in [0.29, 0.717) is 23.1 Å². The molecule has 1 N–H and O–H groups in total. The van der Waals surface area contributed by atoms with Crippen LogP contribution in [0.5, 0.6) is 0 Å². The number of carbonyl (C=O) groups excluding carboxylic acids is 3. The van der Waals surface area contributed by atoms with E-state index in [1.165, 1.54) is 6.08 Å². The van der Waals surface area contributed by atoms with Crippen molar-refractivity contribution in [2.24, 2.45) is 23.7 Å². The van der Waals surface area contributed by atoms with Crippen LogP contribution in [0, 0.1) is 23.7 Å². The van der Waals surface area contributed by atoms with Gasteiger partial charge in [-0.05, 0) is 55.4 Å². The van der Waals surface area contributed by atoms with Gasteiger partial charge in [-0.3, -0.25) is 14.4 Å². The van der Waals surface area contributed by atoms with Gasteiger partial charge in [-0.25, -0.2) is 4.39 Å². The minimum Gasteiger partial charge on any atom is -0.462 e. The Morgan fingerprint density at radius 1 is 1.13 bits per heavy atom. The number of rotatable bonds is 2. The van der Waals surface area contributed by atoms with Crippen LogP contribution in [-0.4, -0.2) is 71.2 Å². The van der Waals surface area contributed by atoms with E-state index < -0.39 is 65.6 Å². The fourth-order valence-electron chi connectivity index (χ4n) is 7.47.